The molecular formula is C52H40N2OSi. The predicted octanol–water partition coefficient (Wildman–Crippen LogP) is 13.5. The third-order valence-corrected chi connectivity index (χ3v) is 14.7. The molecule has 3 nitrogen and oxygen atoms in total. The van der Waals surface area contributed by atoms with E-state index >= 15 is 0 Å². The predicted molar refractivity (Wildman–Crippen MR) is 239 cm³/mol. The Kier molecular flexibility index (Phi) is 8.27. The number of hydrogen-bond donors (Lipinski definition) is 0. The van der Waals surface area contributed by atoms with E-state index in [0.717, 1.165) is 45.5 Å². The van der Waals surface area contributed by atoms with Gasteiger partial charge in [0.15, 0.2) is 0 Å². The molecule has 0 radical (unpaired) electrons. The molecule has 2 heterocycles. The van der Waals surface area contributed by atoms with Gasteiger partial charge in [0.05, 0.1) is 0 Å². The molecule has 1 aromatic heterocycles. The maximum absolute atomic E-state index is 7.04. The van der Waals surface area contributed by atoms with Crippen molar-refractivity contribution in [3.63, 3.8) is 0 Å². The van der Waals surface area contributed by atoms with Crippen LogP contribution in [-0.4, -0.2) is 8.07 Å². The van der Waals surface area contributed by atoms with Crippen molar-refractivity contribution in [3.05, 3.63) is 206 Å². The second kappa shape index (κ2) is 13.8. The van der Waals surface area contributed by atoms with E-state index in [0.29, 0.717) is 0 Å². The van der Waals surface area contributed by atoms with Crippen molar-refractivity contribution in [1.82, 2.24) is 0 Å². The van der Waals surface area contributed by atoms with Crippen LogP contribution in [-0.2, 0) is 0 Å². The third kappa shape index (κ3) is 5.83. The highest BCUT2D eigenvalue weighted by Gasteiger charge is 2.42. The molecule has 56 heavy (non-hydrogen) atoms. The summed E-state index contributed by atoms with van der Waals surface area (Å²) in [5.41, 5.74) is 13.4. The number of nitrogens with zero attached hydrogens (tertiary/aromatic N) is 2. The van der Waals surface area contributed by atoms with Crippen molar-refractivity contribution in [2.45, 2.75) is 13.1 Å². The summed E-state index contributed by atoms with van der Waals surface area (Å²) >= 11 is 0. The number of benzene rings is 8. The second-order valence-corrected chi connectivity index (χ2v) is 19.3. The van der Waals surface area contributed by atoms with Crippen LogP contribution in [0, 0.1) is 0 Å². The SMILES string of the molecule is C[Si]1(C)c2ccc(N(c3ccccc3)c3cccc(-c4ccccc4)c3)cc2-c2oc3cc(N(c4ccccc4)c4cccc(-c5ccccc5)c4)ccc3c21. The Morgan fingerprint density at radius 1 is 0.375 bits per heavy atom. The topological polar surface area (TPSA) is 19.6 Å². The Morgan fingerprint density at radius 2 is 0.804 bits per heavy atom. The van der Waals surface area contributed by atoms with Gasteiger partial charge >= 0.3 is 0 Å². The third-order valence-electron chi connectivity index (χ3n) is 11.2. The summed E-state index contributed by atoms with van der Waals surface area (Å²) in [4.78, 5) is 4.69. The van der Waals surface area contributed by atoms with E-state index in [1.807, 2.05) is 0 Å². The molecule has 1 aliphatic rings. The van der Waals surface area contributed by atoms with Crippen molar-refractivity contribution in [3.8, 4) is 33.6 Å². The monoisotopic (exact) mass is 736 g/mol. The maximum Gasteiger partial charge on any atom is 0.136 e. The second-order valence-electron chi connectivity index (χ2n) is 15.0. The van der Waals surface area contributed by atoms with Crippen LogP contribution in [0.5, 0.6) is 0 Å². The Balaban J connectivity index is 1.09. The first-order valence-corrected chi connectivity index (χ1v) is 22.3. The zero-order chi connectivity index (χ0) is 37.6. The zero-order valence-electron chi connectivity index (χ0n) is 31.4. The zero-order valence-corrected chi connectivity index (χ0v) is 32.4. The molecule has 0 unspecified atom stereocenters. The highest BCUT2D eigenvalue weighted by atomic mass is 28.3. The molecule has 0 bridgehead atoms. The lowest BCUT2D eigenvalue weighted by atomic mass is 10.0. The number of anilines is 6. The molecule has 0 spiro atoms. The van der Waals surface area contributed by atoms with E-state index in [1.165, 1.54) is 43.6 Å². The highest BCUT2D eigenvalue weighted by molar-refractivity contribution is 7.05. The van der Waals surface area contributed by atoms with Gasteiger partial charge in [-0.25, -0.2) is 0 Å². The van der Waals surface area contributed by atoms with Crippen molar-refractivity contribution in [2.24, 2.45) is 0 Å². The van der Waals surface area contributed by atoms with Gasteiger partial charge in [0, 0.05) is 51.1 Å². The van der Waals surface area contributed by atoms with Crippen LogP contribution in [0.2, 0.25) is 13.1 Å². The van der Waals surface area contributed by atoms with Crippen LogP contribution in [0.25, 0.3) is 44.5 Å². The van der Waals surface area contributed by atoms with E-state index in [1.54, 1.807) is 0 Å². The molecular weight excluding hydrogens is 697 g/mol. The fraction of sp³-hybridized carbons (Fsp3) is 0.0385. The Morgan fingerprint density at radius 3 is 1.34 bits per heavy atom. The maximum atomic E-state index is 7.04. The summed E-state index contributed by atoms with van der Waals surface area (Å²) < 4.78 is 7.04. The lowest BCUT2D eigenvalue weighted by Gasteiger charge is -2.27. The summed E-state index contributed by atoms with van der Waals surface area (Å²) in [6.07, 6.45) is 0. The van der Waals surface area contributed by atoms with E-state index in [-0.39, 0.29) is 0 Å². The number of hydrogen-bond acceptors (Lipinski definition) is 3. The summed E-state index contributed by atoms with van der Waals surface area (Å²) in [6, 6.07) is 73.9. The molecule has 10 rings (SSSR count). The minimum atomic E-state index is -2.11. The standard InChI is InChI=1S/C52H40N2OSi/c1-56(2)50-32-30-45(53(41-23-11-5-12-24-41)43-27-15-21-39(33-43)37-17-7-3-8-18-37)35-48(50)51-52(56)47-31-29-46(36-49(47)55-51)54(42-25-13-6-14-26-42)44-28-16-22-40(34-44)38-19-9-4-10-20-38/h3-36H,1-2H3. The fourth-order valence-electron chi connectivity index (χ4n) is 8.53. The van der Waals surface area contributed by atoms with Gasteiger partial charge in [-0.1, -0.05) is 140 Å². The minimum absolute atomic E-state index is 0.916. The molecule has 9 aromatic rings. The largest absolute Gasteiger partial charge is 0.456 e. The molecule has 1 aliphatic heterocycles. The summed E-state index contributed by atoms with van der Waals surface area (Å²) in [5, 5.41) is 4.00. The van der Waals surface area contributed by atoms with Gasteiger partial charge in [-0.05, 0) is 105 Å². The van der Waals surface area contributed by atoms with Crippen LogP contribution in [0.15, 0.2) is 211 Å². The van der Waals surface area contributed by atoms with Crippen LogP contribution in [0.4, 0.5) is 34.1 Å². The van der Waals surface area contributed by atoms with Gasteiger partial charge in [-0.2, -0.15) is 0 Å². The molecule has 0 saturated heterocycles. The lowest BCUT2D eigenvalue weighted by molar-refractivity contribution is 0.635. The number of furan rings is 1. The molecule has 0 fully saturated rings. The molecule has 0 aliphatic carbocycles. The molecule has 0 saturated carbocycles. The summed E-state index contributed by atoms with van der Waals surface area (Å²) in [7, 11) is -2.11. The van der Waals surface area contributed by atoms with Crippen LogP contribution in [0.1, 0.15) is 0 Å². The van der Waals surface area contributed by atoms with Crippen LogP contribution < -0.4 is 20.2 Å². The highest BCUT2D eigenvalue weighted by Crippen LogP contribution is 2.43. The van der Waals surface area contributed by atoms with E-state index in [2.05, 4.69) is 229 Å². The molecule has 0 N–H and O–H groups in total. The van der Waals surface area contributed by atoms with Crippen LogP contribution >= 0.6 is 0 Å². The quantitative estimate of drug-likeness (QED) is 0.145. The van der Waals surface area contributed by atoms with Gasteiger partial charge < -0.3 is 14.2 Å². The van der Waals surface area contributed by atoms with Crippen molar-refractivity contribution >= 4 is 63.5 Å². The summed E-state index contributed by atoms with van der Waals surface area (Å²) in [5.74, 6) is 1.01. The average molecular weight is 737 g/mol. The molecule has 268 valence electrons. The first kappa shape index (κ1) is 33.7. The van der Waals surface area contributed by atoms with Crippen molar-refractivity contribution in [1.29, 1.82) is 0 Å². The molecule has 8 aromatic carbocycles. The normalized spacial score (nSPS) is 12.6. The van der Waals surface area contributed by atoms with Gasteiger partial charge in [-0.3, -0.25) is 0 Å². The number of fused-ring (bicyclic) bond motifs is 5. The molecule has 0 atom stereocenters. The Hall–Kier alpha value is -6.88. The van der Waals surface area contributed by atoms with Crippen LogP contribution in [0.3, 0.4) is 0 Å². The van der Waals surface area contributed by atoms with Gasteiger partial charge in [0.1, 0.15) is 19.4 Å². The fourth-order valence-corrected chi connectivity index (χ4v) is 11.8. The van der Waals surface area contributed by atoms with Gasteiger partial charge in [-0.15, -0.1) is 0 Å². The summed E-state index contributed by atoms with van der Waals surface area (Å²) in [6.45, 7) is 4.92. The number of rotatable bonds is 8. The average Bonchev–Trinajstić information content (AvgIpc) is 3.75. The number of para-hydroxylation sites is 2. The van der Waals surface area contributed by atoms with E-state index in [9.17, 15) is 0 Å². The van der Waals surface area contributed by atoms with Crippen molar-refractivity contribution < 1.29 is 4.42 Å². The van der Waals surface area contributed by atoms with E-state index < -0.39 is 8.07 Å². The minimum Gasteiger partial charge on any atom is -0.456 e. The first-order valence-electron chi connectivity index (χ1n) is 19.3. The first-order chi connectivity index (χ1) is 27.5. The molecule has 0 amide bonds. The Bertz CT molecular complexity index is 2830. The molecule has 4 heteroatoms. The lowest BCUT2D eigenvalue weighted by Crippen LogP contribution is -2.49. The van der Waals surface area contributed by atoms with Crippen molar-refractivity contribution in [2.75, 3.05) is 9.80 Å². The van der Waals surface area contributed by atoms with E-state index in [4.69, 9.17) is 4.42 Å². The van der Waals surface area contributed by atoms with Gasteiger partial charge in [0.25, 0.3) is 0 Å². The smallest absolute Gasteiger partial charge is 0.136 e. The van der Waals surface area contributed by atoms with Gasteiger partial charge in [0.2, 0.25) is 0 Å². The Labute approximate surface area is 329 Å².